The van der Waals surface area contributed by atoms with Gasteiger partial charge in [0, 0.05) is 23.6 Å². The Labute approximate surface area is 136 Å². The highest BCUT2D eigenvalue weighted by atomic mass is 35.5. The first-order valence-electron chi connectivity index (χ1n) is 7.39. The number of nitrogens with two attached hydrogens (primary N) is 1. The van der Waals surface area contributed by atoms with Crippen LogP contribution in [0.4, 0.5) is 8.78 Å². The van der Waals surface area contributed by atoms with E-state index >= 15 is 0 Å². The molecule has 1 aromatic carbocycles. The SMILES string of the molecule is CC(C)C(NC(=O)C1CCC(N)C1)c1ccc(F)cc1F.Cl. The second-order valence-corrected chi connectivity index (χ2v) is 6.17. The van der Waals surface area contributed by atoms with Crippen molar-refractivity contribution in [3.63, 3.8) is 0 Å². The maximum atomic E-state index is 13.9. The first-order chi connectivity index (χ1) is 9.88. The van der Waals surface area contributed by atoms with Crippen LogP contribution in [0.15, 0.2) is 18.2 Å². The van der Waals surface area contributed by atoms with Gasteiger partial charge in [-0.1, -0.05) is 19.9 Å². The fraction of sp³-hybridized carbons (Fsp3) is 0.562. The summed E-state index contributed by atoms with van der Waals surface area (Å²) in [5.74, 6) is -1.44. The monoisotopic (exact) mass is 332 g/mol. The molecule has 0 heterocycles. The lowest BCUT2D eigenvalue weighted by atomic mass is 9.94. The van der Waals surface area contributed by atoms with E-state index in [0.29, 0.717) is 12.0 Å². The van der Waals surface area contributed by atoms with Gasteiger partial charge in [-0.05, 0) is 31.2 Å². The molecule has 3 atom stereocenters. The Hall–Kier alpha value is -1.20. The smallest absolute Gasteiger partial charge is 0.223 e. The third-order valence-corrected chi connectivity index (χ3v) is 4.11. The Morgan fingerprint density at radius 1 is 1.32 bits per heavy atom. The number of halogens is 3. The molecule has 3 N–H and O–H groups in total. The molecule has 124 valence electrons. The van der Waals surface area contributed by atoms with Gasteiger partial charge in [-0.25, -0.2) is 8.78 Å². The van der Waals surface area contributed by atoms with Crippen LogP contribution >= 0.6 is 12.4 Å². The third-order valence-electron chi connectivity index (χ3n) is 4.11. The summed E-state index contributed by atoms with van der Waals surface area (Å²) >= 11 is 0. The molecule has 2 rings (SSSR count). The quantitative estimate of drug-likeness (QED) is 0.888. The molecule has 6 heteroatoms. The topological polar surface area (TPSA) is 55.1 Å². The zero-order valence-corrected chi connectivity index (χ0v) is 13.6. The summed E-state index contributed by atoms with van der Waals surface area (Å²) in [5, 5.41) is 2.90. The van der Waals surface area contributed by atoms with Crippen LogP contribution < -0.4 is 11.1 Å². The van der Waals surface area contributed by atoms with Crippen molar-refractivity contribution < 1.29 is 13.6 Å². The zero-order valence-electron chi connectivity index (χ0n) is 12.8. The van der Waals surface area contributed by atoms with Crippen LogP contribution in [-0.4, -0.2) is 11.9 Å². The van der Waals surface area contributed by atoms with Gasteiger partial charge >= 0.3 is 0 Å². The van der Waals surface area contributed by atoms with Gasteiger partial charge in [0.1, 0.15) is 11.6 Å². The largest absolute Gasteiger partial charge is 0.349 e. The van der Waals surface area contributed by atoms with Crippen molar-refractivity contribution in [2.75, 3.05) is 0 Å². The number of hydrogen-bond acceptors (Lipinski definition) is 2. The van der Waals surface area contributed by atoms with Gasteiger partial charge < -0.3 is 11.1 Å². The number of hydrogen-bond donors (Lipinski definition) is 2. The van der Waals surface area contributed by atoms with Crippen LogP contribution in [0.3, 0.4) is 0 Å². The molecule has 1 saturated carbocycles. The van der Waals surface area contributed by atoms with Crippen molar-refractivity contribution in [2.24, 2.45) is 17.6 Å². The standard InChI is InChI=1S/C16H22F2N2O.ClH/c1-9(2)15(13-6-4-11(17)8-14(13)18)20-16(21)10-3-5-12(19)7-10;/h4,6,8-10,12,15H,3,5,7,19H2,1-2H3,(H,20,21);1H. The fourth-order valence-electron chi connectivity index (χ4n) is 2.88. The van der Waals surface area contributed by atoms with Gasteiger partial charge in [0.15, 0.2) is 0 Å². The van der Waals surface area contributed by atoms with E-state index in [1.807, 2.05) is 13.8 Å². The first kappa shape index (κ1) is 18.8. The number of carbonyl (C=O) groups is 1. The lowest BCUT2D eigenvalue weighted by Crippen LogP contribution is -2.36. The predicted molar refractivity (Wildman–Crippen MR) is 84.6 cm³/mol. The molecular formula is C16H23ClF2N2O. The van der Waals surface area contributed by atoms with Gasteiger partial charge in [-0.15, -0.1) is 12.4 Å². The number of nitrogens with one attached hydrogen (secondary N) is 1. The molecule has 1 aliphatic rings. The number of amides is 1. The second kappa shape index (κ2) is 7.88. The summed E-state index contributed by atoms with van der Waals surface area (Å²) in [6.45, 7) is 3.79. The minimum atomic E-state index is -0.628. The number of benzene rings is 1. The van der Waals surface area contributed by atoms with E-state index < -0.39 is 17.7 Å². The van der Waals surface area contributed by atoms with E-state index in [1.165, 1.54) is 12.1 Å². The van der Waals surface area contributed by atoms with Crippen molar-refractivity contribution >= 4 is 18.3 Å². The van der Waals surface area contributed by atoms with Crippen LogP contribution in [0, 0.1) is 23.5 Å². The first-order valence-corrected chi connectivity index (χ1v) is 7.39. The summed E-state index contributed by atoms with van der Waals surface area (Å²) in [6, 6.07) is 3.07. The Balaban J connectivity index is 0.00000242. The van der Waals surface area contributed by atoms with E-state index in [2.05, 4.69) is 5.32 Å². The van der Waals surface area contributed by atoms with Crippen molar-refractivity contribution in [1.29, 1.82) is 0 Å². The van der Waals surface area contributed by atoms with Crippen LogP contribution in [0.2, 0.25) is 0 Å². The molecule has 1 aromatic rings. The number of rotatable bonds is 4. The summed E-state index contributed by atoms with van der Waals surface area (Å²) < 4.78 is 27.0. The zero-order chi connectivity index (χ0) is 15.6. The summed E-state index contributed by atoms with van der Waals surface area (Å²) in [7, 11) is 0. The van der Waals surface area contributed by atoms with Crippen LogP contribution in [0.25, 0.3) is 0 Å². The van der Waals surface area contributed by atoms with E-state index in [1.54, 1.807) is 0 Å². The molecule has 0 radical (unpaired) electrons. The van der Waals surface area contributed by atoms with Crippen molar-refractivity contribution in [1.82, 2.24) is 5.32 Å². The van der Waals surface area contributed by atoms with Gasteiger partial charge in [0.2, 0.25) is 5.91 Å². The third kappa shape index (κ3) is 4.40. The summed E-state index contributed by atoms with van der Waals surface area (Å²) in [6.07, 6.45) is 2.28. The Morgan fingerprint density at radius 3 is 2.50 bits per heavy atom. The lowest BCUT2D eigenvalue weighted by molar-refractivity contribution is -0.126. The molecule has 0 spiro atoms. The van der Waals surface area contributed by atoms with Crippen molar-refractivity contribution in [2.45, 2.75) is 45.2 Å². The van der Waals surface area contributed by atoms with E-state index in [0.717, 1.165) is 18.9 Å². The van der Waals surface area contributed by atoms with Gasteiger partial charge in [-0.2, -0.15) is 0 Å². The van der Waals surface area contributed by atoms with Crippen LogP contribution in [0.1, 0.15) is 44.7 Å². The van der Waals surface area contributed by atoms with E-state index in [9.17, 15) is 13.6 Å². The van der Waals surface area contributed by atoms with Crippen LogP contribution in [-0.2, 0) is 4.79 Å². The Morgan fingerprint density at radius 2 is 2.00 bits per heavy atom. The molecule has 3 unspecified atom stereocenters. The molecule has 1 aliphatic carbocycles. The van der Waals surface area contributed by atoms with Crippen LogP contribution in [0.5, 0.6) is 0 Å². The van der Waals surface area contributed by atoms with Gasteiger partial charge in [-0.3, -0.25) is 4.79 Å². The Bertz CT molecular complexity index is 525. The Kier molecular flexibility index (Phi) is 6.75. The average Bonchev–Trinajstić information content (AvgIpc) is 2.83. The highest BCUT2D eigenvalue weighted by Gasteiger charge is 2.30. The minimum Gasteiger partial charge on any atom is -0.349 e. The van der Waals surface area contributed by atoms with Gasteiger partial charge in [0.25, 0.3) is 0 Å². The molecule has 0 aliphatic heterocycles. The normalized spacial score (nSPS) is 22.3. The molecule has 0 aromatic heterocycles. The molecule has 1 amide bonds. The molecule has 0 bridgehead atoms. The van der Waals surface area contributed by atoms with E-state index in [4.69, 9.17) is 5.73 Å². The average molecular weight is 333 g/mol. The fourth-order valence-corrected chi connectivity index (χ4v) is 2.88. The van der Waals surface area contributed by atoms with Crippen molar-refractivity contribution in [3.05, 3.63) is 35.4 Å². The lowest BCUT2D eigenvalue weighted by Gasteiger charge is -2.25. The maximum absolute atomic E-state index is 13.9. The highest BCUT2D eigenvalue weighted by molar-refractivity contribution is 5.85. The second-order valence-electron chi connectivity index (χ2n) is 6.17. The molecule has 0 saturated heterocycles. The number of carbonyl (C=O) groups excluding carboxylic acids is 1. The maximum Gasteiger partial charge on any atom is 0.223 e. The van der Waals surface area contributed by atoms with Crippen molar-refractivity contribution in [3.8, 4) is 0 Å². The minimum absolute atomic E-state index is 0. The molecule has 3 nitrogen and oxygen atoms in total. The summed E-state index contributed by atoms with van der Waals surface area (Å²) in [4.78, 5) is 12.3. The molecule has 22 heavy (non-hydrogen) atoms. The molecule has 1 fully saturated rings. The van der Waals surface area contributed by atoms with Gasteiger partial charge in [0.05, 0.1) is 6.04 Å². The molecular weight excluding hydrogens is 310 g/mol. The predicted octanol–water partition coefficient (Wildman–Crippen LogP) is 3.33. The van der Waals surface area contributed by atoms with E-state index in [-0.39, 0.29) is 36.2 Å². The highest BCUT2D eigenvalue weighted by Crippen LogP contribution is 2.28. The summed E-state index contributed by atoms with van der Waals surface area (Å²) in [5.41, 5.74) is 6.15.